The minimum absolute atomic E-state index is 0.143. The zero-order valence-corrected chi connectivity index (χ0v) is 17.2. The summed E-state index contributed by atoms with van der Waals surface area (Å²) in [5.41, 5.74) is 1.82. The molecule has 2 N–H and O–H groups in total. The van der Waals surface area contributed by atoms with E-state index in [1.807, 2.05) is 12.1 Å². The number of amides is 1. The maximum absolute atomic E-state index is 13.1. The number of aromatic amines is 1. The highest BCUT2D eigenvalue weighted by Gasteiger charge is 2.31. The third-order valence-corrected chi connectivity index (χ3v) is 5.77. The summed E-state index contributed by atoms with van der Waals surface area (Å²) in [6.07, 6.45) is 5.34. The predicted octanol–water partition coefficient (Wildman–Crippen LogP) is 3.69. The van der Waals surface area contributed by atoms with Gasteiger partial charge in [0, 0.05) is 18.1 Å². The van der Waals surface area contributed by atoms with Crippen LogP contribution in [-0.2, 0) is 10.5 Å². The topological polar surface area (TPSA) is 84.1 Å². The van der Waals surface area contributed by atoms with E-state index in [0.29, 0.717) is 22.2 Å². The van der Waals surface area contributed by atoms with E-state index in [4.69, 9.17) is 11.2 Å². The van der Waals surface area contributed by atoms with Crippen molar-refractivity contribution in [1.82, 2.24) is 9.97 Å². The van der Waals surface area contributed by atoms with Crippen LogP contribution in [0.3, 0.4) is 0 Å². The highest BCUT2D eigenvalue weighted by atomic mass is 32.2. The van der Waals surface area contributed by atoms with Crippen LogP contribution in [0.1, 0.15) is 29.0 Å². The molecule has 0 bridgehead atoms. The number of thioether (sulfide) groups is 1. The average molecular weight is 435 g/mol. The van der Waals surface area contributed by atoms with E-state index in [2.05, 4.69) is 21.2 Å². The number of carbonyl (C=O) groups is 1. The number of benzene rings is 2. The van der Waals surface area contributed by atoms with Crippen LogP contribution in [-0.4, -0.2) is 22.5 Å². The Morgan fingerprint density at radius 2 is 1.90 bits per heavy atom. The van der Waals surface area contributed by atoms with Gasteiger partial charge in [0.1, 0.15) is 24.0 Å². The van der Waals surface area contributed by atoms with Crippen molar-refractivity contribution >= 4 is 23.5 Å². The Kier molecular flexibility index (Phi) is 6.05. The van der Waals surface area contributed by atoms with Crippen molar-refractivity contribution in [2.24, 2.45) is 0 Å². The number of carbonyl (C=O) groups excluding carboxylic acids is 1. The molecule has 0 saturated heterocycles. The molecule has 8 heteroatoms. The Labute approximate surface area is 182 Å². The molecule has 0 spiro atoms. The minimum Gasteiger partial charge on any atom is -0.481 e. The molecule has 0 aliphatic carbocycles. The first-order chi connectivity index (χ1) is 15.0. The van der Waals surface area contributed by atoms with Gasteiger partial charge in [0.2, 0.25) is 5.91 Å². The molecule has 1 aliphatic heterocycles. The summed E-state index contributed by atoms with van der Waals surface area (Å²) in [5, 5.41) is 3.09. The van der Waals surface area contributed by atoms with Crippen LogP contribution in [0.25, 0.3) is 0 Å². The molecule has 156 valence electrons. The lowest BCUT2D eigenvalue weighted by molar-refractivity contribution is -0.116. The van der Waals surface area contributed by atoms with Crippen molar-refractivity contribution in [3.8, 4) is 18.1 Å². The van der Waals surface area contributed by atoms with E-state index >= 15 is 0 Å². The molecule has 1 aliphatic rings. The molecule has 2 aromatic carbocycles. The predicted molar refractivity (Wildman–Crippen MR) is 117 cm³/mol. The average Bonchev–Trinajstić information content (AvgIpc) is 2.77. The van der Waals surface area contributed by atoms with E-state index in [1.165, 1.54) is 23.9 Å². The molecule has 1 unspecified atom stereocenters. The largest absolute Gasteiger partial charge is 0.481 e. The molecule has 0 radical (unpaired) electrons. The van der Waals surface area contributed by atoms with E-state index in [1.54, 1.807) is 24.3 Å². The first-order valence-electron chi connectivity index (χ1n) is 9.51. The van der Waals surface area contributed by atoms with Gasteiger partial charge in [-0.05, 0) is 35.4 Å². The van der Waals surface area contributed by atoms with Gasteiger partial charge < -0.3 is 15.0 Å². The summed E-state index contributed by atoms with van der Waals surface area (Å²) in [4.78, 5) is 32.4. The number of halogens is 1. The lowest BCUT2D eigenvalue weighted by Gasteiger charge is -2.24. The number of nitrogens with one attached hydrogen (secondary N) is 2. The Morgan fingerprint density at radius 3 is 2.61 bits per heavy atom. The molecule has 6 nitrogen and oxygen atoms in total. The van der Waals surface area contributed by atoms with E-state index < -0.39 is 5.92 Å². The van der Waals surface area contributed by atoms with Crippen LogP contribution in [0, 0.1) is 18.2 Å². The van der Waals surface area contributed by atoms with Gasteiger partial charge in [-0.1, -0.05) is 41.9 Å². The molecule has 1 aromatic heterocycles. The van der Waals surface area contributed by atoms with Crippen LogP contribution in [0.15, 0.2) is 58.5 Å². The minimum atomic E-state index is -0.419. The monoisotopic (exact) mass is 435 g/mol. The fourth-order valence-electron chi connectivity index (χ4n) is 3.36. The SMILES string of the molecule is C#CCOc1ccc(C2CC(=O)Nc3nc(SCc4ccc(F)cc4)[nH]c(=O)c32)cc1. The van der Waals surface area contributed by atoms with Gasteiger partial charge >= 0.3 is 0 Å². The molecule has 4 rings (SSSR count). The van der Waals surface area contributed by atoms with Crippen molar-refractivity contribution in [1.29, 1.82) is 0 Å². The van der Waals surface area contributed by atoms with E-state index in [9.17, 15) is 14.0 Å². The second kappa shape index (κ2) is 9.06. The molecular weight excluding hydrogens is 417 g/mol. The van der Waals surface area contributed by atoms with Gasteiger partial charge in [0.25, 0.3) is 5.56 Å². The summed E-state index contributed by atoms with van der Waals surface area (Å²) in [7, 11) is 0. The smallest absolute Gasteiger partial charge is 0.257 e. The second-order valence-electron chi connectivity index (χ2n) is 6.92. The maximum Gasteiger partial charge on any atom is 0.257 e. The third kappa shape index (κ3) is 4.78. The summed E-state index contributed by atoms with van der Waals surface area (Å²) in [5.74, 6) is 2.84. The van der Waals surface area contributed by atoms with E-state index in [0.717, 1.165) is 11.1 Å². The Bertz CT molecular complexity index is 1200. The van der Waals surface area contributed by atoms with Crippen molar-refractivity contribution in [3.63, 3.8) is 0 Å². The first kappa shape index (κ1) is 20.7. The quantitative estimate of drug-likeness (QED) is 0.351. The summed E-state index contributed by atoms with van der Waals surface area (Å²) < 4.78 is 18.4. The number of hydrogen-bond donors (Lipinski definition) is 2. The van der Waals surface area contributed by atoms with Crippen molar-refractivity contribution < 1.29 is 13.9 Å². The van der Waals surface area contributed by atoms with Gasteiger partial charge in [-0.3, -0.25) is 9.59 Å². The first-order valence-corrected chi connectivity index (χ1v) is 10.5. The number of terminal acetylenes is 1. The van der Waals surface area contributed by atoms with Crippen LogP contribution in [0.2, 0.25) is 0 Å². The maximum atomic E-state index is 13.1. The fraction of sp³-hybridized carbons (Fsp3) is 0.174. The molecule has 1 amide bonds. The lowest BCUT2D eigenvalue weighted by atomic mass is 9.87. The number of anilines is 1. The number of nitrogens with zero attached hydrogens (tertiary/aromatic N) is 1. The second-order valence-corrected chi connectivity index (χ2v) is 7.88. The van der Waals surface area contributed by atoms with Crippen LogP contribution < -0.4 is 15.6 Å². The fourth-order valence-corrected chi connectivity index (χ4v) is 4.17. The number of ether oxygens (including phenoxy) is 1. The molecule has 31 heavy (non-hydrogen) atoms. The summed E-state index contributed by atoms with van der Waals surface area (Å²) in [6, 6.07) is 13.3. The number of rotatable bonds is 6. The summed E-state index contributed by atoms with van der Waals surface area (Å²) in [6.45, 7) is 0.163. The molecule has 2 heterocycles. The van der Waals surface area contributed by atoms with Gasteiger partial charge in [-0.2, -0.15) is 0 Å². The van der Waals surface area contributed by atoms with Gasteiger partial charge in [0.05, 0.1) is 5.56 Å². The van der Waals surface area contributed by atoms with Gasteiger partial charge in [0.15, 0.2) is 5.16 Å². The van der Waals surface area contributed by atoms with Crippen LogP contribution >= 0.6 is 11.8 Å². The molecular formula is C23H18FN3O3S. The Morgan fingerprint density at radius 1 is 1.16 bits per heavy atom. The zero-order chi connectivity index (χ0) is 21.8. The van der Waals surface area contributed by atoms with Crippen LogP contribution in [0.5, 0.6) is 5.75 Å². The number of H-pyrrole nitrogens is 1. The number of aromatic nitrogens is 2. The molecule has 0 saturated carbocycles. The van der Waals surface area contributed by atoms with Crippen molar-refractivity contribution in [3.05, 3.63) is 81.4 Å². The number of fused-ring (bicyclic) bond motifs is 1. The van der Waals surface area contributed by atoms with Crippen molar-refractivity contribution in [2.75, 3.05) is 11.9 Å². The van der Waals surface area contributed by atoms with Crippen LogP contribution in [0.4, 0.5) is 10.2 Å². The van der Waals surface area contributed by atoms with E-state index in [-0.39, 0.29) is 36.1 Å². The molecule has 3 aromatic rings. The van der Waals surface area contributed by atoms with Gasteiger partial charge in [-0.15, -0.1) is 6.42 Å². The zero-order valence-electron chi connectivity index (χ0n) is 16.4. The summed E-state index contributed by atoms with van der Waals surface area (Å²) >= 11 is 1.30. The number of hydrogen-bond acceptors (Lipinski definition) is 5. The Hall–Kier alpha value is -3.57. The standard InChI is InChI=1S/C23H18FN3O3S/c1-2-11-30-17-9-5-15(6-10-17)18-12-19(28)25-21-20(18)22(29)27-23(26-21)31-13-14-3-7-16(24)8-4-14/h1,3-10,18H,11-13H2,(H2,25,26,27,28,29). The highest BCUT2D eigenvalue weighted by molar-refractivity contribution is 7.98. The normalized spacial score (nSPS) is 15.0. The van der Waals surface area contributed by atoms with Gasteiger partial charge in [-0.25, -0.2) is 9.37 Å². The third-order valence-electron chi connectivity index (χ3n) is 4.82. The molecule has 1 atom stereocenters. The highest BCUT2D eigenvalue weighted by Crippen LogP contribution is 2.35. The lowest BCUT2D eigenvalue weighted by Crippen LogP contribution is -2.31. The Balaban J connectivity index is 1.58. The van der Waals surface area contributed by atoms with Crippen molar-refractivity contribution in [2.45, 2.75) is 23.2 Å². The molecule has 0 fully saturated rings.